The van der Waals surface area contributed by atoms with Crippen LogP contribution in [0.4, 0.5) is 0 Å². The fourth-order valence-corrected chi connectivity index (χ4v) is 2.80. The van der Waals surface area contributed by atoms with Gasteiger partial charge in [-0.3, -0.25) is 4.79 Å². The molecule has 128 valence electrons. The lowest BCUT2D eigenvalue weighted by Gasteiger charge is -2.14. The molecular weight excluding hydrogens is 338 g/mol. The zero-order valence-corrected chi connectivity index (χ0v) is 14.5. The lowest BCUT2D eigenvalue weighted by atomic mass is 9.96. The number of nitrogens with one attached hydrogen (secondary N) is 1. The van der Waals surface area contributed by atoms with Gasteiger partial charge in [0.05, 0.1) is 12.5 Å². The number of nitrogens with zero attached hydrogens (tertiary/aromatic N) is 2. The number of carbonyl (C=O) groups is 1. The highest BCUT2D eigenvalue weighted by molar-refractivity contribution is 6.30. The highest BCUT2D eigenvalue weighted by Crippen LogP contribution is 2.21. The third-order valence-electron chi connectivity index (χ3n) is 3.89. The van der Waals surface area contributed by atoms with Crippen molar-refractivity contribution in [2.75, 3.05) is 0 Å². The van der Waals surface area contributed by atoms with E-state index >= 15 is 0 Å². The van der Waals surface area contributed by atoms with Gasteiger partial charge in [0.1, 0.15) is 0 Å². The van der Waals surface area contributed by atoms with Crippen molar-refractivity contribution < 1.29 is 9.32 Å². The van der Waals surface area contributed by atoms with Crippen molar-refractivity contribution in [1.82, 2.24) is 15.5 Å². The molecule has 1 atom stereocenters. The Bertz CT molecular complexity index is 849. The Morgan fingerprint density at radius 2 is 2.00 bits per heavy atom. The van der Waals surface area contributed by atoms with Crippen LogP contribution in [-0.2, 0) is 11.3 Å². The van der Waals surface area contributed by atoms with Crippen molar-refractivity contribution in [3.05, 3.63) is 71.0 Å². The van der Waals surface area contributed by atoms with Gasteiger partial charge in [0.25, 0.3) is 5.89 Å². The zero-order chi connectivity index (χ0) is 17.6. The quantitative estimate of drug-likeness (QED) is 0.719. The molecule has 0 saturated carbocycles. The fraction of sp³-hybridized carbons (Fsp3) is 0.211. The average molecular weight is 356 g/mol. The maximum Gasteiger partial charge on any atom is 0.258 e. The van der Waals surface area contributed by atoms with E-state index in [0.29, 0.717) is 16.7 Å². The van der Waals surface area contributed by atoms with Gasteiger partial charge >= 0.3 is 0 Å². The molecule has 1 N–H and O–H groups in total. The van der Waals surface area contributed by atoms with Crippen LogP contribution in [-0.4, -0.2) is 16.0 Å². The molecule has 0 spiro atoms. The van der Waals surface area contributed by atoms with Crippen molar-refractivity contribution in [2.45, 2.75) is 25.8 Å². The summed E-state index contributed by atoms with van der Waals surface area (Å²) in [5, 5.41) is 7.38. The summed E-state index contributed by atoms with van der Waals surface area (Å²) in [7, 11) is 0. The largest absolute Gasteiger partial charge is 0.348 e. The molecule has 0 radical (unpaired) electrons. The van der Waals surface area contributed by atoms with Gasteiger partial charge in [-0.05, 0) is 30.2 Å². The highest BCUT2D eigenvalue weighted by atomic mass is 35.5. The third kappa shape index (κ3) is 4.25. The molecule has 3 rings (SSSR count). The van der Waals surface area contributed by atoms with Gasteiger partial charge in [0, 0.05) is 10.6 Å². The number of halogens is 1. The maximum absolute atomic E-state index is 12.5. The molecule has 0 saturated heterocycles. The minimum absolute atomic E-state index is 0.0530. The van der Waals surface area contributed by atoms with Crippen LogP contribution in [0.25, 0.3) is 11.5 Å². The maximum atomic E-state index is 12.5. The minimum Gasteiger partial charge on any atom is -0.348 e. The van der Waals surface area contributed by atoms with Crippen molar-refractivity contribution in [2.24, 2.45) is 0 Å². The summed E-state index contributed by atoms with van der Waals surface area (Å²) in [5.74, 6) is 0.552. The second kappa shape index (κ2) is 7.94. The van der Waals surface area contributed by atoms with Gasteiger partial charge in [0.2, 0.25) is 5.91 Å². The molecule has 1 amide bonds. The minimum atomic E-state index is -0.194. The number of hydrogen-bond donors (Lipinski definition) is 1. The topological polar surface area (TPSA) is 68.0 Å². The molecule has 2 aromatic carbocycles. The molecule has 5 nitrogen and oxygen atoms in total. The average Bonchev–Trinajstić information content (AvgIpc) is 3.11. The summed E-state index contributed by atoms with van der Waals surface area (Å²) in [6.45, 7) is 2.20. The normalized spacial score (nSPS) is 11.9. The smallest absolute Gasteiger partial charge is 0.258 e. The molecule has 0 aliphatic heterocycles. The van der Waals surface area contributed by atoms with Gasteiger partial charge < -0.3 is 9.84 Å². The summed E-state index contributed by atoms with van der Waals surface area (Å²) in [5.41, 5.74) is 1.74. The monoisotopic (exact) mass is 355 g/mol. The predicted octanol–water partition coefficient (Wildman–Crippen LogP) is 4.20. The number of hydrogen-bond acceptors (Lipinski definition) is 4. The van der Waals surface area contributed by atoms with E-state index in [2.05, 4.69) is 15.5 Å². The van der Waals surface area contributed by atoms with E-state index < -0.39 is 0 Å². The van der Waals surface area contributed by atoms with Crippen LogP contribution in [0.2, 0.25) is 5.02 Å². The van der Waals surface area contributed by atoms with Crippen molar-refractivity contribution in [3.8, 4) is 11.5 Å². The Morgan fingerprint density at radius 3 is 2.72 bits per heavy atom. The van der Waals surface area contributed by atoms with Crippen molar-refractivity contribution >= 4 is 17.5 Å². The van der Waals surface area contributed by atoms with Gasteiger partial charge in [-0.2, -0.15) is 4.98 Å². The Hall–Kier alpha value is -2.66. The first-order valence-corrected chi connectivity index (χ1v) is 8.46. The third-order valence-corrected chi connectivity index (χ3v) is 4.12. The van der Waals surface area contributed by atoms with E-state index in [1.54, 1.807) is 12.1 Å². The molecule has 3 aromatic rings. The standard InChI is InChI=1S/C19H18ClN3O2/c1-2-16(13-7-4-3-5-8-13)18(24)21-12-17-22-19(25-23-17)14-9-6-10-15(20)11-14/h3-11,16H,2,12H2,1H3,(H,21,24)/t16-/m1/s1. The van der Waals surface area contributed by atoms with Crippen LogP contribution in [0.3, 0.4) is 0 Å². The van der Waals surface area contributed by atoms with E-state index in [0.717, 1.165) is 17.5 Å². The van der Waals surface area contributed by atoms with Crippen LogP contribution in [0.15, 0.2) is 59.1 Å². The summed E-state index contributed by atoms with van der Waals surface area (Å²) >= 11 is 5.97. The van der Waals surface area contributed by atoms with Crippen LogP contribution >= 0.6 is 11.6 Å². The predicted molar refractivity (Wildman–Crippen MR) is 96.1 cm³/mol. The molecule has 1 heterocycles. The lowest BCUT2D eigenvalue weighted by Crippen LogP contribution is -2.29. The highest BCUT2D eigenvalue weighted by Gasteiger charge is 2.19. The van der Waals surface area contributed by atoms with Crippen molar-refractivity contribution in [3.63, 3.8) is 0 Å². The van der Waals surface area contributed by atoms with Gasteiger partial charge in [-0.15, -0.1) is 0 Å². The Morgan fingerprint density at radius 1 is 1.20 bits per heavy atom. The summed E-state index contributed by atoms with van der Waals surface area (Å²) < 4.78 is 5.24. The molecular formula is C19H18ClN3O2. The zero-order valence-electron chi connectivity index (χ0n) is 13.8. The fourth-order valence-electron chi connectivity index (χ4n) is 2.61. The first-order valence-electron chi connectivity index (χ1n) is 8.08. The molecule has 25 heavy (non-hydrogen) atoms. The summed E-state index contributed by atoms with van der Waals surface area (Å²) in [6, 6.07) is 16.9. The second-order valence-corrected chi connectivity index (χ2v) is 6.05. The van der Waals surface area contributed by atoms with Gasteiger partial charge in [-0.25, -0.2) is 0 Å². The molecule has 0 unspecified atom stereocenters. The van der Waals surface area contributed by atoms with E-state index in [1.807, 2.05) is 49.4 Å². The lowest BCUT2D eigenvalue weighted by molar-refractivity contribution is -0.122. The van der Waals surface area contributed by atoms with Gasteiger partial charge in [-0.1, -0.05) is 60.1 Å². The molecule has 0 aliphatic rings. The van der Waals surface area contributed by atoms with Crippen LogP contribution in [0, 0.1) is 0 Å². The number of benzene rings is 2. The summed E-state index contributed by atoms with van der Waals surface area (Å²) in [4.78, 5) is 16.8. The second-order valence-electron chi connectivity index (χ2n) is 5.62. The molecule has 1 aromatic heterocycles. The molecule has 0 bridgehead atoms. The first kappa shape index (κ1) is 17.2. The Labute approximate surface area is 151 Å². The SMILES string of the molecule is CC[C@@H](C(=O)NCc1noc(-c2cccc(Cl)c2)n1)c1ccccc1. The van der Waals surface area contributed by atoms with E-state index in [9.17, 15) is 4.79 Å². The number of amides is 1. The number of aromatic nitrogens is 2. The molecule has 0 fully saturated rings. The van der Waals surface area contributed by atoms with Crippen LogP contribution in [0.5, 0.6) is 0 Å². The van der Waals surface area contributed by atoms with Crippen LogP contribution < -0.4 is 5.32 Å². The van der Waals surface area contributed by atoms with Gasteiger partial charge in [0.15, 0.2) is 5.82 Å². The number of rotatable bonds is 6. The Balaban J connectivity index is 1.65. The number of carbonyl (C=O) groups excluding carboxylic acids is 1. The van der Waals surface area contributed by atoms with E-state index in [-0.39, 0.29) is 18.4 Å². The first-order chi connectivity index (χ1) is 12.2. The Kier molecular flexibility index (Phi) is 5.46. The van der Waals surface area contributed by atoms with E-state index in [4.69, 9.17) is 16.1 Å². The van der Waals surface area contributed by atoms with E-state index in [1.165, 1.54) is 0 Å². The summed E-state index contributed by atoms with van der Waals surface area (Å²) in [6.07, 6.45) is 0.718. The molecule has 0 aliphatic carbocycles. The molecule has 6 heteroatoms. The van der Waals surface area contributed by atoms with Crippen molar-refractivity contribution in [1.29, 1.82) is 0 Å². The van der Waals surface area contributed by atoms with Crippen LogP contribution in [0.1, 0.15) is 30.7 Å².